The molecule has 7 heteroatoms. The van der Waals surface area contributed by atoms with Gasteiger partial charge in [-0.25, -0.2) is 9.97 Å². The molecule has 3 N–H and O–H groups in total. The number of non-ortho nitro benzene ring substituents is 1. The van der Waals surface area contributed by atoms with Gasteiger partial charge in [-0.3, -0.25) is 10.1 Å². The molecule has 0 unspecified atom stereocenters. The second-order valence-electron chi connectivity index (χ2n) is 4.82. The molecule has 0 saturated heterocycles. The number of aromatic nitrogens is 2. The zero-order valence-electron chi connectivity index (χ0n) is 12.0. The molecule has 0 amide bonds. The van der Waals surface area contributed by atoms with Crippen LogP contribution in [0.1, 0.15) is 0 Å². The number of nitro groups is 1. The van der Waals surface area contributed by atoms with E-state index in [1.54, 1.807) is 30.5 Å². The van der Waals surface area contributed by atoms with Crippen molar-refractivity contribution in [3.05, 3.63) is 70.9 Å². The van der Waals surface area contributed by atoms with Gasteiger partial charge in [-0.15, -0.1) is 0 Å². The highest BCUT2D eigenvalue weighted by molar-refractivity contribution is 5.65. The van der Waals surface area contributed by atoms with Crippen LogP contribution in [0.5, 0.6) is 0 Å². The third-order valence-electron chi connectivity index (χ3n) is 3.17. The molecular formula is C16H13N5O2. The number of benzene rings is 2. The maximum Gasteiger partial charge on any atom is 0.269 e. The zero-order valence-corrected chi connectivity index (χ0v) is 12.0. The quantitative estimate of drug-likeness (QED) is 0.434. The number of anilines is 3. The van der Waals surface area contributed by atoms with E-state index in [-0.39, 0.29) is 5.69 Å². The van der Waals surface area contributed by atoms with Crippen LogP contribution in [0.25, 0.3) is 11.3 Å². The third-order valence-corrected chi connectivity index (χ3v) is 3.17. The standard InChI is InChI=1S/C16H13N5O2/c17-12-3-1-2-11(10-12)15-8-9-18-16(20-15)19-13-4-6-14(7-5-13)21(22)23/h1-10H,17H2,(H,18,19,20). The lowest BCUT2D eigenvalue weighted by molar-refractivity contribution is -0.384. The summed E-state index contributed by atoms with van der Waals surface area (Å²) in [5.41, 5.74) is 8.76. The Bertz CT molecular complexity index is 849. The summed E-state index contributed by atoms with van der Waals surface area (Å²) in [5, 5.41) is 13.7. The number of nitro benzene ring substituents is 1. The molecule has 0 aliphatic heterocycles. The highest BCUT2D eigenvalue weighted by atomic mass is 16.6. The van der Waals surface area contributed by atoms with E-state index in [9.17, 15) is 10.1 Å². The SMILES string of the molecule is Nc1cccc(-c2ccnc(Nc3ccc([N+](=O)[O-])cc3)n2)c1. The van der Waals surface area contributed by atoms with E-state index in [0.29, 0.717) is 17.3 Å². The number of nitrogens with zero attached hydrogens (tertiary/aromatic N) is 3. The van der Waals surface area contributed by atoms with Gasteiger partial charge in [0, 0.05) is 35.3 Å². The van der Waals surface area contributed by atoms with Crippen molar-refractivity contribution >= 4 is 23.0 Å². The molecule has 0 spiro atoms. The van der Waals surface area contributed by atoms with Crippen molar-refractivity contribution < 1.29 is 4.92 Å². The lowest BCUT2D eigenvalue weighted by atomic mass is 10.1. The smallest absolute Gasteiger partial charge is 0.269 e. The minimum Gasteiger partial charge on any atom is -0.399 e. The molecule has 23 heavy (non-hydrogen) atoms. The summed E-state index contributed by atoms with van der Waals surface area (Å²) in [6, 6.07) is 15.2. The van der Waals surface area contributed by atoms with Crippen LogP contribution in [0, 0.1) is 10.1 Å². The molecule has 7 nitrogen and oxygen atoms in total. The fraction of sp³-hybridized carbons (Fsp3) is 0. The molecule has 0 aliphatic rings. The average molecular weight is 307 g/mol. The van der Waals surface area contributed by atoms with Gasteiger partial charge >= 0.3 is 0 Å². The van der Waals surface area contributed by atoms with Crippen molar-refractivity contribution in [1.82, 2.24) is 9.97 Å². The predicted octanol–water partition coefficient (Wildman–Crippen LogP) is 3.38. The molecule has 0 aliphatic carbocycles. The lowest BCUT2D eigenvalue weighted by Crippen LogP contribution is -1.98. The van der Waals surface area contributed by atoms with Gasteiger partial charge in [-0.2, -0.15) is 0 Å². The monoisotopic (exact) mass is 307 g/mol. The van der Waals surface area contributed by atoms with Crippen LogP contribution >= 0.6 is 0 Å². The number of nitrogens with one attached hydrogen (secondary N) is 1. The summed E-state index contributed by atoms with van der Waals surface area (Å²) in [6.45, 7) is 0. The molecule has 0 atom stereocenters. The molecule has 2 aromatic carbocycles. The van der Waals surface area contributed by atoms with Crippen molar-refractivity contribution in [2.24, 2.45) is 0 Å². The van der Waals surface area contributed by atoms with Crippen LogP contribution in [0.15, 0.2) is 60.8 Å². The Morgan fingerprint density at radius 2 is 1.87 bits per heavy atom. The summed E-state index contributed by atoms with van der Waals surface area (Å²) in [6.07, 6.45) is 1.64. The fourth-order valence-corrected chi connectivity index (χ4v) is 2.07. The van der Waals surface area contributed by atoms with Crippen molar-refractivity contribution in [3.8, 4) is 11.3 Å². The Morgan fingerprint density at radius 1 is 1.09 bits per heavy atom. The van der Waals surface area contributed by atoms with E-state index in [2.05, 4.69) is 15.3 Å². The first-order valence-corrected chi connectivity index (χ1v) is 6.82. The average Bonchev–Trinajstić information content (AvgIpc) is 2.56. The minimum absolute atomic E-state index is 0.0324. The topological polar surface area (TPSA) is 107 Å². The molecule has 0 saturated carbocycles. The maximum absolute atomic E-state index is 10.6. The van der Waals surface area contributed by atoms with E-state index < -0.39 is 4.92 Å². The number of hydrogen-bond acceptors (Lipinski definition) is 6. The summed E-state index contributed by atoms with van der Waals surface area (Å²) in [5.74, 6) is 0.402. The number of rotatable bonds is 4. The summed E-state index contributed by atoms with van der Waals surface area (Å²) in [4.78, 5) is 18.8. The van der Waals surface area contributed by atoms with Crippen LogP contribution in [-0.2, 0) is 0 Å². The summed E-state index contributed by atoms with van der Waals surface area (Å²) in [7, 11) is 0. The summed E-state index contributed by atoms with van der Waals surface area (Å²) >= 11 is 0. The van der Waals surface area contributed by atoms with E-state index in [0.717, 1.165) is 11.3 Å². The van der Waals surface area contributed by atoms with Gasteiger partial charge in [-0.05, 0) is 30.3 Å². The second kappa shape index (κ2) is 6.10. The van der Waals surface area contributed by atoms with Crippen LogP contribution in [-0.4, -0.2) is 14.9 Å². The normalized spacial score (nSPS) is 10.3. The van der Waals surface area contributed by atoms with E-state index in [1.165, 1.54) is 12.1 Å². The number of nitrogens with two attached hydrogens (primary N) is 1. The lowest BCUT2D eigenvalue weighted by Gasteiger charge is -2.07. The zero-order chi connectivity index (χ0) is 16.2. The fourth-order valence-electron chi connectivity index (χ4n) is 2.07. The molecular weight excluding hydrogens is 294 g/mol. The van der Waals surface area contributed by atoms with Gasteiger partial charge in [0.15, 0.2) is 0 Å². The maximum atomic E-state index is 10.6. The van der Waals surface area contributed by atoms with Crippen LogP contribution in [0.2, 0.25) is 0 Å². The van der Waals surface area contributed by atoms with Gasteiger partial charge < -0.3 is 11.1 Å². The molecule has 0 bridgehead atoms. The molecule has 3 rings (SSSR count). The second-order valence-corrected chi connectivity index (χ2v) is 4.82. The highest BCUT2D eigenvalue weighted by Crippen LogP contribution is 2.22. The highest BCUT2D eigenvalue weighted by Gasteiger charge is 2.06. The number of hydrogen-bond donors (Lipinski definition) is 2. The van der Waals surface area contributed by atoms with Crippen molar-refractivity contribution in [1.29, 1.82) is 0 Å². The van der Waals surface area contributed by atoms with Crippen LogP contribution in [0.3, 0.4) is 0 Å². The van der Waals surface area contributed by atoms with Gasteiger partial charge in [-0.1, -0.05) is 12.1 Å². The van der Waals surface area contributed by atoms with E-state index in [1.807, 2.05) is 18.2 Å². The molecule has 0 fully saturated rings. The largest absolute Gasteiger partial charge is 0.399 e. The van der Waals surface area contributed by atoms with Gasteiger partial charge in [0.25, 0.3) is 5.69 Å². The Hall–Kier alpha value is -3.48. The van der Waals surface area contributed by atoms with Crippen molar-refractivity contribution in [2.45, 2.75) is 0 Å². The Morgan fingerprint density at radius 3 is 2.57 bits per heavy atom. The van der Waals surface area contributed by atoms with Gasteiger partial charge in [0.1, 0.15) is 0 Å². The summed E-state index contributed by atoms with van der Waals surface area (Å²) < 4.78 is 0. The Labute approximate surface area is 132 Å². The predicted molar refractivity (Wildman–Crippen MR) is 88.3 cm³/mol. The molecule has 3 aromatic rings. The van der Waals surface area contributed by atoms with Gasteiger partial charge in [0.05, 0.1) is 10.6 Å². The molecule has 0 radical (unpaired) electrons. The van der Waals surface area contributed by atoms with E-state index in [4.69, 9.17) is 5.73 Å². The molecule has 1 aromatic heterocycles. The number of nitrogen functional groups attached to an aromatic ring is 1. The first kappa shape index (κ1) is 14.5. The van der Waals surface area contributed by atoms with Gasteiger partial charge in [0.2, 0.25) is 5.95 Å². The Kier molecular flexibility index (Phi) is 3.84. The molecule has 1 heterocycles. The molecule has 114 valence electrons. The van der Waals surface area contributed by atoms with E-state index >= 15 is 0 Å². The third kappa shape index (κ3) is 3.41. The first-order chi connectivity index (χ1) is 11.1. The van der Waals surface area contributed by atoms with Crippen molar-refractivity contribution in [2.75, 3.05) is 11.1 Å². The first-order valence-electron chi connectivity index (χ1n) is 6.82. The van der Waals surface area contributed by atoms with Crippen molar-refractivity contribution in [3.63, 3.8) is 0 Å². The van der Waals surface area contributed by atoms with Crippen LogP contribution < -0.4 is 11.1 Å². The Balaban J connectivity index is 1.84. The minimum atomic E-state index is -0.444. The van der Waals surface area contributed by atoms with Crippen LogP contribution in [0.4, 0.5) is 23.0 Å².